The van der Waals surface area contributed by atoms with Crippen LogP contribution < -0.4 is 10.9 Å². The number of hydrogen-bond acceptors (Lipinski definition) is 4. The normalized spacial score (nSPS) is 19.1. The maximum absolute atomic E-state index is 12.5. The Morgan fingerprint density at radius 1 is 1.12 bits per heavy atom. The number of carbonyl (C=O) groups excluding carboxylic acids is 1. The topological polar surface area (TPSA) is 79.5 Å². The molecule has 4 rings (SSSR count). The second-order valence-electron chi connectivity index (χ2n) is 6.84. The first-order valence-corrected chi connectivity index (χ1v) is 8.64. The number of aryl methyl sites for hydroxylation is 1. The van der Waals surface area contributed by atoms with Crippen molar-refractivity contribution in [2.24, 2.45) is 0 Å². The zero-order chi connectivity index (χ0) is 18.1. The summed E-state index contributed by atoms with van der Waals surface area (Å²) in [5, 5.41) is 14.2. The lowest BCUT2D eigenvalue weighted by molar-refractivity contribution is 0.0259. The monoisotopic (exact) mass is 349 g/mol. The van der Waals surface area contributed by atoms with E-state index in [2.05, 4.69) is 11.4 Å². The molecule has 1 aliphatic rings. The lowest BCUT2D eigenvalue weighted by atomic mass is 9.80. The van der Waals surface area contributed by atoms with Gasteiger partial charge in [-0.3, -0.25) is 4.79 Å². The minimum absolute atomic E-state index is 0.0523. The molecule has 0 spiro atoms. The molecular weight excluding hydrogens is 330 g/mol. The van der Waals surface area contributed by atoms with Crippen molar-refractivity contribution in [3.05, 3.63) is 81.7 Å². The van der Waals surface area contributed by atoms with Crippen LogP contribution in [-0.2, 0) is 12.8 Å². The van der Waals surface area contributed by atoms with E-state index in [0.29, 0.717) is 23.8 Å². The van der Waals surface area contributed by atoms with Gasteiger partial charge in [0.2, 0.25) is 0 Å². The van der Waals surface area contributed by atoms with Gasteiger partial charge in [0.1, 0.15) is 11.1 Å². The largest absolute Gasteiger partial charge is 0.422 e. The Morgan fingerprint density at radius 2 is 1.85 bits per heavy atom. The van der Waals surface area contributed by atoms with Crippen LogP contribution >= 0.6 is 0 Å². The zero-order valence-corrected chi connectivity index (χ0v) is 14.2. The molecule has 1 amide bonds. The highest BCUT2D eigenvalue weighted by molar-refractivity contribution is 5.96. The minimum atomic E-state index is -1.01. The molecule has 1 aliphatic carbocycles. The van der Waals surface area contributed by atoms with Crippen molar-refractivity contribution < 1.29 is 14.3 Å². The van der Waals surface area contributed by atoms with Crippen molar-refractivity contribution in [1.82, 2.24) is 5.32 Å². The first-order valence-electron chi connectivity index (χ1n) is 8.64. The van der Waals surface area contributed by atoms with Gasteiger partial charge >= 0.3 is 5.63 Å². The molecule has 132 valence electrons. The molecule has 0 bridgehead atoms. The van der Waals surface area contributed by atoms with Crippen LogP contribution in [0.1, 0.15) is 27.9 Å². The van der Waals surface area contributed by atoms with E-state index in [-0.39, 0.29) is 12.1 Å². The second kappa shape index (κ2) is 6.42. The van der Waals surface area contributed by atoms with Gasteiger partial charge in [-0.1, -0.05) is 42.5 Å². The van der Waals surface area contributed by atoms with E-state index >= 15 is 0 Å². The van der Waals surface area contributed by atoms with Crippen LogP contribution in [0.25, 0.3) is 11.0 Å². The lowest BCUT2D eigenvalue weighted by Gasteiger charge is -2.33. The number of rotatable bonds is 3. The Labute approximate surface area is 150 Å². The van der Waals surface area contributed by atoms with Crippen molar-refractivity contribution >= 4 is 16.9 Å². The zero-order valence-electron chi connectivity index (χ0n) is 14.2. The Morgan fingerprint density at radius 3 is 2.69 bits per heavy atom. The summed E-state index contributed by atoms with van der Waals surface area (Å²) in [4.78, 5) is 24.5. The number of aliphatic hydroxyl groups is 1. The molecule has 1 atom stereocenters. The summed E-state index contributed by atoms with van der Waals surface area (Å²) in [5.41, 5.74) is 1.03. The Hall–Kier alpha value is -2.92. The Kier molecular flexibility index (Phi) is 4.09. The molecule has 3 aromatic rings. The number of benzene rings is 2. The molecule has 5 heteroatoms. The third-order valence-electron chi connectivity index (χ3n) is 4.96. The molecule has 1 heterocycles. The number of para-hydroxylation sites is 1. The summed E-state index contributed by atoms with van der Waals surface area (Å²) in [6.07, 6.45) is 1.81. The summed E-state index contributed by atoms with van der Waals surface area (Å²) in [6, 6.07) is 16.6. The van der Waals surface area contributed by atoms with E-state index in [1.807, 2.05) is 24.3 Å². The molecule has 0 radical (unpaired) electrons. The molecule has 26 heavy (non-hydrogen) atoms. The van der Waals surface area contributed by atoms with Crippen LogP contribution in [0, 0.1) is 0 Å². The smallest absolute Gasteiger partial charge is 0.349 e. The number of nitrogens with one attached hydrogen (secondary N) is 1. The number of carbonyl (C=O) groups is 1. The van der Waals surface area contributed by atoms with Crippen molar-refractivity contribution in [3.8, 4) is 0 Å². The fourth-order valence-corrected chi connectivity index (χ4v) is 3.50. The fourth-order valence-electron chi connectivity index (χ4n) is 3.50. The van der Waals surface area contributed by atoms with E-state index in [1.54, 1.807) is 18.2 Å². The first-order chi connectivity index (χ1) is 12.5. The molecule has 2 aromatic carbocycles. The molecule has 0 saturated carbocycles. The average Bonchev–Trinajstić information content (AvgIpc) is 2.65. The van der Waals surface area contributed by atoms with Crippen LogP contribution in [0.5, 0.6) is 0 Å². The molecule has 2 N–H and O–H groups in total. The minimum Gasteiger partial charge on any atom is -0.422 e. The van der Waals surface area contributed by atoms with Crippen LogP contribution in [0.2, 0.25) is 0 Å². The molecule has 0 aliphatic heterocycles. The lowest BCUT2D eigenvalue weighted by Crippen LogP contribution is -2.47. The second-order valence-corrected chi connectivity index (χ2v) is 6.84. The van der Waals surface area contributed by atoms with Gasteiger partial charge in [0.25, 0.3) is 5.91 Å². The summed E-state index contributed by atoms with van der Waals surface area (Å²) in [6.45, 7) is 0.0897. The van der Waals surface area contributed by atoms with Gasteiger partial charge in [-0.2, -0.15) is 0 Å². The maximum atomic E-state index is 12.5. The van der Waals surface area contributed by atoms with E-state index in [0.717, 1.165) is 12.0 Å². The third-order valence-corrected chi connectivity index (χ3v) is 4.96. The van der Waals surface area contributed by atoms with Crippen molar-refractivity contribution in [1.29, 1.82) is 0 Å². The van der Waals surface area contributed by atoms with Crippen LogP contribution in [-0.4, -0.2) is 23.2 Å². The summed E-state index contributed by atoms with van der Waals surface area (Å²) < 4.78 is 5.20. The fraction of sp³-hybridized carbons (Fsp3) is 0.238. The van der Waals surface area contributed by atoms with Crippen LogP contribution in [0.4, 0.5) is 0 Å². The van der Waals surface area contributed by atoms with Gasteiger partial charge in [0, 0.05) is 18.4 Å². The van der Waals surface area contributed by atoms with E-state index < -0.39 is 17.1 Å². The predicted octanol–water partition coefficient (Wildman–Crippen LogP) is 2.44. The highest BCUT2D eigenvalue weighted by Crippen LogP contribution is 2.28. The van der Waals surface area contributed by atoms with E-state index in [4.69, 9.17) is 4.42 Å². The van der Waals surface area contributed by atoms with Gasteiger partial charge in [-0.05, 0) is 36.1 Å². The van der Waals surface area contributed by atoms with Gasteiger partial charge in [0.15, 0.2) is 0 Å². The summed E-state index contributed by atoms with van der Waals surface area (Å²) in [7, 11) is 0. The van der Waals surface area contributed by atoms with Crippen LogP contribution in [0.3, 0.4) is 0 Å². The van der Waals surface area contributed by atoms with Crippen molar-refractivity contribution in [2.45, 2.75) is 24.9 Å². The molecular formula is C21H19NO4. The number of amides is 1. The number of hydrogen-bond donors (Lipinski definition) is 2. The Balaban J connectivity index is 1.51. The van der Waals surface area contributed by atoms with Crippen molar-refractivity contribution in [3.63, 3.8) is 0 Å². The average molecular weight is 349 g/mol. The maximum Gasteiger partial charge on any atom is 0.349 e. The predicted molar refractivity (Wildman–Crippen MR) is 98.2 cm³/mol. The highest BCUT2D eigenvalue weighted by Gasteiger charge is 2.32. The molecule has 0 saturated heterocycles. The first kappa shape index (κ1) is 16.5. The standard InChI is InChI=1S/C21H19NO4/c23-19(17-11-15-6-3-4-8-18(15)26-20(17)24)22-13-21(25)10-9-14-5-1-2-7-16(14)12-21/h1-8,11,25H,9-10,12-13H2,(H,22,23). The van der Waals surface area contributed by atoms with E-state index in [1.165, 1.54) is 11.6 Å². The van der Waals surface area contributed by atoms with Gasteiger partial charge in [-0.15, -0.1) is 0 Å². The molecule has 0 fully saturated rings. The van der Waals surface area contributed by atoms with Gasteiger partial charge in [0.05, 0.1) is 5.60 Å². The molecule has 5 nitrogen and oxygen atoms in total. The highest BCUT2D eigenvalue weighted by atomic mass is 16.4. The Bertz CT molecular complexity index is 1040. The SMILES string of the molecule is O=C(NCC1(O)CCc2ccccc2C1)c1cc2ccccc2oc1=O. The number of fused-ring (bicyclic) bond motifs is 2. The third kappa shape index (κ3) is 3.13. The summed E-state index contributed by atoms with van der Waals surface area (Å²) >= 11 is 0. The van der Waals surface area contributed by atoms with Crippen LogP contribution in [0.15, 0.2) is 63.8 Å². The molecule has 1 aromatic heterocycles. The van der Waals surface area contributed by atoms with Crippen molar-refractivity contribution in [2.75, 3.05) is 6.54 Å². The summed E-state index contributed by atoms with van der Waals surface area (Å²) in [5.74, 6) is -0.531. The van der Waals surface area contributed by atoms with Gasteiger partial charge in [-0.25, -0.2) is 4.79 Å². The molecule has 1 unspecified atom stereocenters. The quantitative estimate of drug-likeness (QED) is 0.712. The van der Waals surface area contributed by atoms with Gasteiger partial charge < -0.3 is 14.8 Å². The van der Waals surface area contributed by atoms with E-state index in [9.17, 15) is 14.7 Å².